The largest absolute Gasteiger partial charge is 0.465 e. The molecule has 0 N–H and O–H groups in total. The number of hydrogen-bond donors (Lipinski definition) is 0. The van der Waals surface area contributed by atoms with Gasteiger partial charge in [0.15, 0.2) is 0 Å². The molecule has 0 heterocycles. The van der Waals surface area contributed by atoms with Crippen LogP contribution < -0.4 is 0 Å². The molecule has 0 bridgehead atoms. The Bertz CT molecular complexity index is 1060. The SMILES string of the molecule is CCCCCCOC(=O)C(c1ccc([N+](=O)[O-])cc1[N+](=O)[O-])c1ccc([N+](=O)[O-])cc1[N+](=O)[O-]. The number of carbonyl (C=O) groups excluding carboxylic acids is 1. The smallest absolute Gasteiger partial charge is 0.318 e. The number of non-ortho nitro benzene ring substituents is 2. The van der Waals surface area contributed by atoms with Gasteiger partial charge in [-0.25, -0.2) is 0 Å². The molecule has 0 amide bonds. The Morgan fingerprint density at radius 3 is 1.62 bits per heavy atom. The van der Waals surface area contributed by atoms with Gasteiger partial charge in [-0.1, -0.05) is 26.2 Å². The van der Waals surface area contributed by atoms with Crippen LogP contribution in [0.5, 0.6) is 0 Å². The maximum absolute atomic E-state index is 13.0. The molecule has 2 aromatic rings. The van der Waals surface area contributed by atoms with Crippen LogP contribution in [0.2, 0.25) is 0 Å². The summed E-state index contributed by atoms with van der Waals surface area (Å²) in [4.78, 5) is 54.8. The third-order valence-corrected chi connectivity index (χ3v) is 4.94. The van der Waals surface area contributed by atoms with Crippen LogP contribution in [0.15, 0.2) is 36.4 Å². The average Bonchev–Trinajstić information content (AvgIpc) is 2.78. The number of hydrogen-bond acceptors (Lipinski definition) is 10. The van der Waals surface area contributed by atoms with Crippen molar-refractivity contribution in [2.75, 3.05) is 6.61 Å². The molecular weight excluding hydrogens is 456 g/mol. The average molecular weight is 476 g/mol. The minimum atomic E-state index is -1.73. The second-order valence-corrected chi connectivity index (χ2v) is 7.18. The third kappa shape index (κ3) is 6.05. The van der Waals surface area contributed by atoms with Gasteiger partial charge < -0.3 is 4.74 Å². The van der Waals surface area contributed by atoms with E-state index in [0.717, 1.165) is 43.5 Å². The lowest BCUT2D eigenvalue weighted by atomic mass is 9.88. The van der Waals surface area contributed by atoms with E-state index in [9.17, 15) is 45.3 Å². The lowest BCUT2D eigenvalue weighted by Gasteiger charge is -2.17. The molecule has 0 spiro atoms. The number of nitro groups is 4. The van der Waals surface area contributed by atoms with Crippen LogP contribution in [0.3, 0.4) is 0 Å². The highest BCUT2D eigenvalue weighted by Crippen LogP contribution is 2.40. The fourth-order valence-corrected chi connectivity index (χ4v) is 3.30. The van der Waals surface area contributed by atoms with Crippen LogP contribution in [0, 0.1) is 40.5 Å². The molecule has 2 aromatic carbocycles. The summed E-state index contributed by atoms with van der Waals surface area (Å²) in [6, 6.07) is 5.00. The Morgan fingerprint density at radius 1 is 0.765 bits per heavy atom. The predicted octanol–water partition coefficient (Wildman–Crippen LogP) is 4.57. The van der Waals surface area contributed by atoms with Crippen molar-refractivity contribution in [3.05, 3.63) is 88.0 Å². The summed E-state index contributed by atoms with van der Waals surface area (Å²) >= 11 is 0. The van der Waals surface area contributed by atoms with Gasteiger partial charge in [0.2, 0.25) is 0 Å². The molecule has 0 atom stereocenters. The van der Waals surface area contributed by atoms with E-state index < -0.39 is 54.3 Å². The van der Waals surface area contributed by atoms with E-state index in [1.165, 1.54) is 0 Å². The molecule has 0 saturated heterocycles. The van der Waals surface area contributed by atoms with E-state index in [-0.39, 0.29) is 17.7 Å². The van der Waals surface area contributed by atoms with Crippen molar-refractivity contribution in [2.45, 2.75) is 38.5 Å². The monoisotopic (exact) mass is 476 g/mol. The van der Waals surface area contributed by atoms with E-state index in [0.29, 0.717) is 18.6 Å². The zero-order valence-electron chi connectivity index (χ0n) is 17.9. The van der Waals surface area contributed by atoms with Crippen LogP contribution >= 0.6 is 0 Å². The molecule has 0 aliphatic heterocycles. The van der Waals surface area contributed by atoms with Crippen molar-refractivity contribution >= 4 is 28.7 Å². The summed E-state index contributed by atoms with van der Waals surface area (Å²) in [5.41, 5.74) is -3.66. The molecule has 0 fully saturated rings. The van der Waals surface area contributed by atoms with Gasteiger partial charge >= 0.3 is 5.97 Å². The maximum atomic E-state index is 13.0. The van der Waals surface area contributed by atoms with E-state index in [1.807, 2.05) is 6.92 Å². The Kier molecular flexibility index (Phi) is 8.64. The van der Waals surface area contributed by atoms with Crippen LogP contribution in [0.4, 0.5) is 22.7 Å². The van der Waals surface area contributed by atoms with Gasteiger partial charge in [-0.2, -0.15) is 0 Å². The molecule has 180 valence electrons. The highest BCUT2D eigenvalue weighted by atomic mass is 16.6. The standard InChI is InChI=1S/C20H20N4O10/c1-2-3-4-5-10-34-20(25)19(15-8-6-13(21(26)27)11-17(15)23(30)31)16-9-7-14(22(28)29)12-18(16)24(32)33/h6-9,11-12,19H,2-5,10H2,1H3. The fraction of sp³-hybridized carbons (Fsp3) is 0.350. The molecule has 0 unspecified atom stereocenters. The molecule has 0 radical (unpaired) electrons. The fourth-order valence-electron chi connectivity index (χ4n) is 3.30. The van der Waals surface area contributed by atoms with E-state index in [2.05, 4.69) is 0 Å². The number of unbranched alkanes of at least 4 members (excludes halogenated alkanes) is 3. The van der Waals surface area contributed by atoms with Crippen molar-refractivity contribution in [1.82, 2.24) is 0 Å². The highest BCUT2D eigenvalue weighted by molar-refractivity contribution is 5.85. The second-order valence-electron chi connectivity index (χ2n) is 7.18. The van der Waals surface area contributed by atoms with Crippen molar-refractivity contribution in [3.63, 3.8) is 0 Å². The Morgan fingerprint density at radius 2 is 1.24 bits per heavy atom. The third-order valence-electron chi connectivity index (χ3n) is 4.94. The minimum Gasteiger partial charge on any atom is -0.465 e. The van der Waals surface area contributed by atoms with E-state index in [4.69, 9.17) is 4.74 Å². The number of carbonyl (C=O) groups is 1. The Labute approximate surface area is 191 Å². The molecule has 14 heteroatoms. The first-order chi connectivity index (χ1) is 16.1. The number of nitrogens with zero attached hydrogens (tertiary/aromatic N) is 4. The van der Waals surface area contributed by atoms with Gasteiger partial charge in [0.1, 0.15) is 5.92 Å². The first-order valence-corrected chi connectivity index (χ1v) is 10.1. The Balaban J connectivity index is 2.66. The molecule has 2 rings (SSSR count). The lowest BCUT2D eigenvalue weighted by Crippen LogP contribution is -2.20. The quantitative estimate of drug-likeness (QED) is 0.181. The highest BCUT2D eigenvalue weighted by Gasteiger charge is 2.37. The van der Waals surface area contributed by atoms with Gasteiger partial charge in [-0.05, 0) is 18.6 Å². The summed E-state index contributed by atoms with van der Waals surface area (Å²) in [6.07, 6.45) is 3.02. The summed E-state index contributed by atoms with van der Waals surface area (Å²) in [7, 11) is 0. The van der Waals surface area contributed by atoms with Gasteiger partial charge in [0, 0.05) is 23.3 Å². The summed E-state index contributed by atoms with van der Waals surface area (Å²) in [5, 5.41) is 45.5. The topological polar surface area (TPSA) is 199 Å². The predicted molar refractivity (Wildman–Crippen MR) is 116 cm³/mol. The van der Waals surface area contributed by atoms with Gasteiger partial charge in [0.25, 0.3) is 22.7 Å². The number of nitro benzene ring substituents is 4. The zero-order valence-corrected chi connectivity index (χ0v) is 17.9. The van der Waals surface area contributed by atoms with Crippen LogP contribution in [0.25, 0.3) is 0 Å². The van der Waals surface area contributed by atoms with Gasteiger partial charge in [-0.15, -0.1) is 0 Å². The Hall–Kier alpha value is -4.49. The van der Waals surface area contributed by atoms with Crippen molar-refractivity contribution in [2.24, 2.45) is 0 Å². The first-order valence-electron chi connectivity index (χ1n) is 10.1. The summed E-state index contributed by atoms with van der Waals surface area (Å²) in [6.45, 7) is 1.92. The molecule has 34 heavy (non-hydrogen) atoms. The minimum absolute atomic E-state index is 0.0586. The van der Waals surface area contributed by atoms with Crippen molar-refractivity contribution < 1.29 is 29.2 Å². The van der Waals surface area contributed by atoms with Crippen LogP contribution in [-0.4, -0.2) is 32.3 Å². The summed E-state index contributed by atoms with van der Waals surface area (Å²) < 4.78 is 5.23. The first kappa shape index (κ1) is 25.8. The van der Waals surface area contributed by atoms with Crippen LogP contribution in [-0.2, 0) is 9.53 Å². The van der Waals surface area contributed by atoms with E-state index >= 15 is 0 Å². The summed E-state index contributed by atoms with van der Waals surface area (Å²) in [5.74, 6) is -2.79. The van der Waals surface area contributed by atoms with E-state index in [1.54, 1.807) is 0 Å². The molecular formula is C20H20N4O10. The molecule has 0 aromatic heterocycles. The number of benzene rings is 2. The van der Waals surface area contributed by atoms with Crippen LogP contribution in [0.1, 0.15) is 49.7 Å². The lowest BCUT2D eigenvalue weighted by molar-refractivity contribution is -0.395. The normalized spacial score (nSPS) is 10.6. The van der Waals surface area contributed by atoms with Crippen molar-refractivity contribution in [3.8, 4) is 0 Å². The van der Waals surface area contributed by atoms with Gasteiger partial charge in [-0.3, -0.25) is 45.3 Å². The molecule has 0 saturated carbocycles. The molecule has 14 nitrogen and oxygen atoms in total. The maximum Gasteiger partial charge on any atom is 0.318 e. The zero-order chi connectivity index (χ0) is 25.4. The van der Waals surface area contributed by atoms with Crippen molar-refractivity contribution in [1.29, 1.82) is 0 Å². The second kappa shape index (κ2) is 11.4. The number of ether oxygens (including phenoxy) is 1. The number of esters is 1. The number of rotatable bonds is 12. The molecule has 0 aliphatic carbocycles. The van der Waals surface area contributed by atoms with Gasteiger partial charge in [0.05, 0.1) is 38.4 Å². The molecule has 0 aliphatic rings.